The van der Waals surface area contributed by atoms with E-state index in [0.29, 0.717) is 28.5 Å². The molecule has 5 rings (SSSR count). The number of nitrogen functional groups attached to an aromatic ring is 1. The molecule has 12 heteroatoms. The molecule has 0 bridgehead atoms. The van der Waals surface area contributed by atoms with Crippen LogP contribution in [0.1, 0.15) is 34.5 Å². The molecule has 9 nitrogen and oxygen atoms in total. The molecule has 1 aromatic heterocycles. The van der Waals surface area contributed by atoms with E-state index in [1.54, 1.807) is 20.3 Å². The minimum Gasteiger partial charge on any atom is -0.493 e. The monoisotopic (exact) mass is 644 g/mol. The highest BCUT2D eigenvalue weighted by atomic mass is 19.4. The van der Waals surface area contributed by atoms with E-state index in [1.807, 2.05) is 36.4 Å². The summed E-state index contributed by atoms with van der Waals surface area (Å²) in [6, 6.07) is 20.7. The summed E-state index contributed by atoms with van der Waals surface area (Å²) >= 11 is 0. The van der Waals surface area contributed by atoms with Gasteiger partial charge in [0.05, 0.1) is 44.3 Å². The van der Waals surface area contributed by atoms with Gasteiger partial charge in [-0.1, -0.05) is 48.5 Å². The summed E-state index contributed by atoms with van der Waals surface area (Å²) in [5.74, 6) is 0.770. The second kappa shape index (κ2) is 13.3. The Morgan fingerprint density at radius 3 is 1.98 bits per heavy atom. The zero-order valence-electron chi connectivity index (χ0n) is 25.9. The van der Waals surface area contributed by atoms with Gasteiger partial charge in [-0.2, -0.15) is 13.2 Å². The molecule has 1 atom stereocenters. The summed E-state index contributed by atoms with van der Waals surface area (Å²) in [5.41, 5.74) is 14.5. The highest BCUT2D eigenvalue weighted by molar-refractivity contribution is 5.96. The minimum absolute atomic E-state index is 0.0184. The molecule has 0 aliphatic carbocycles. The Bertz CT molecular complexity index is 1910. The Balaban J connectivity index is 1.48. The van der Waals surface area contributed by atoms with Crippen LogP contribution in [0.5, 0.6) is 23.0 Å². The molecule has 242 valence electrons. The number of primary amides is 1. The van der Waals surface area contributed by atoms with Gasteiger partial charge in [-0.15, -0.1) is 0 Å². The van der Waals surface area contributed by atoms with Crippen molar-refractivity contribution in [2.75, 3.05) is 27.1 Å². The van der Waals surface area contributed by atoms with Crippen molar-refractivity contribution in [1.82, 2.24) is 9.97 Å². The molecule has 1 unspecified atom stereocenters. The molecule has 0 radical (unpaired) electrons. The third-order valence-electron chi connectivity index (χ3n) is 7.51. The van der Waals surface area contributed by atoms with Crippen LogP contribution in [0.25, 0.3) is 33.6 Å². The molecule has 0 spiro atoms. The number of methoxy groups -OCH3 is 3. The summed E-state index contributed by atoms with van der Waals surface area (Å²) in [6.07, 6.45) is -4.15. The average Bonchev–Trinajstić information content (AvgIpc) is 3.07. The molecule has 1 amide bonds. The normalized spacial score (nSPS) is 11.9. The molecule has 5 aromatic rings. The number of benzene rings is 4. The molecular formula is C35H31F3N4O5. The molecule has 0 saturated heterocycles. The number of amides is 1. The Morgan fingerprint density at radius 1 is 0.787 bits per heavy atom. The highest BCUT2D eigenvalue weighted by Gasteiger charge is 2.35. The maximum absolute atomic E-state index is 13.7. The molecular weight excluding hydrogens is 613 g/mol. The predicted molar refractivity (Wildman–Crippen MR) is 171 cm³/mol. The van der Waals surface area contributed by atoms with Gasteiger partial charge in [0.15, 0.2) is 11.5 Å². The van der Waals surface area contributed by atoms with Crippen LogP contribution in [0.15, 0.2) is 85.1 Å². The van der Waals surface area contributed by atoms with Crippen LogP contribution in [0.4, 0.5) is 19.0 Å². The number of nitrogens with two attached hydrogens (primary N) is 2. The predicted octanol–water partition coefficient (Wildman–Crippen LogP) is 7.34. The number of hydrogen-bond acceptors (Lipinski definition) is 8. The van der Waals surface area contributed by atoms with Crippen LogP contribution < -0.4 is 30.4 Å². The van der Waals surface area contributed by atoms with Gasteiger partial charge in [0.2, 0.25) is 5.75 Å². The Hall–Kier alpha value is -5.78. The quantitative estimate of drug-likeness (QED) is 0.161. The van der Waals surface area contributed by atoms with Crippen LogP contribution in [-0.4, -0.2) is 37.2 Å². The zero-order valence-corrected chi connectivity index (χ0v) is 25.9. The zero-order chi connectivity index (χ0) is 33.9. The molecule has 47 heavy (non-hydrogen) atoms. The van der Waals surface area contributed by atoms with Gasteiger partial charge < -0.3 is 30.4 Å². The Kier molecular flexibility index (Phi) is 9.22. The van der Waals surface area contributed by atoms with Crippen LogP contribution in [-0.2, 0) is 6.18 Å². The third-order valence-corrected chi connectivity index (χ3v) is 7.51. The lowest BCUT2D eigenvalue weighted by Crippen LogP contribution is -2.17. The lowest BCUT2D eigenvalue weighted by atomic mass is 10.0. The maximum Gasteiger partial charge on any atom is 0.416 e. The van der Waals surface area contributed by atoms with Gasteiger partial charge >= 0.3 is 6.18 Å². The van der Waals surface area contributed by atoms with Crippen LogP contribution >= 0.6 is 0 Å². The number of ether oxygens (including phenoxy) is 4. The first-order valence-corrected chi connectivity index (χ1v) is 14.3. The summed E-state index contributed by atoms with van der Waals surface area (Å²) in [7, 11) is 4.63. The van der Waals surface area contributed by atoms with E-state index in [0.717, 1.165) is 22.8 Å². The van der Waals surface area contributed by atoms with Crippen molar-refractivity contribution in [3.8, 4) is 56.6 Å². The number of carbonyl (C=O) groups excluding carboxylic acids is 1. The Morgan fingerprint density at radius 2 is 1.38 bits per heavy atom. The topological polar surface area (TPSA) is 132 Å². The van der Waals surface area contributed by atoms with Gasteiger partial charge in [0, 0.05) is 16.7 Å². The van der Waals surface area contributed by atoms with Crippen molar-refractivity contribution in [3.63, 3.8) is 0 Å². The van der Waals surface area contributed by atoms with Crippen LogP contribution in [0.3, 0.4) is 0 Å². The van der Waals surface area contributed by atoms with E-state index in [4.69, 9.17) is 35.4 Å². The second-order valence-electron chi connectivity index (χ2n) is 10.4. The first-order chi connectivity index (χ1) is 22.4. The van der Waals surface area contributed by atoms with E-state index in [2.05, 4.69) is 4.98 Å². The van der Waals surface area contributed by atoms with E-state index in [1.165, 1.54) is 50.6 Å². The van der Waals surface area contributed by atoms with Crippen molar-refractivity contribution >= 4 is 11.7 Å². The van der Waals surface area contributed by atoms with Gasteiger partial charge in [-0.05, 0) is 48.4 Å². The molecule has 1 heterocycles. The fourth-order valence-electron chi connectivity index (χ4n) is 5.17. The standard InChI is InChI=1S/C35H31F3N4O5/c1-19(24-7-5-6-8-26(24)35(36,37)38)47-28-15-22(13-14-25(28)34(40)43)31-33(39)41-18-27(42-31)21-11-9-20(10-12-21)23-16-29(44-2)32(46-4)30(17-23)45-3/h5-19H,1-4H3,(H2,39,41)(H2,40,43). The number of nitrogens with zero attached hydrogens (tertiary/aromatic N) is 2. The number of rotatable bonds is 10. The lowest BCUT2D eigenvalue weighted by Gasteiger charge is -2.21. The van der Waals surface area contributed by atoms with Crippen molar-refractivity contribution in [3.05, 3.63) is 102 Å². The van der Waals surface area contributed by atoms with Gasteiger partial charge in [-0.25, -0.2) is 9.97 Å². The van der Waals surface area contributed by atoms with Crippen molar-refractivity contribution in [2.24, 2.45) is 5.73 Å². The number of alkyl halides is 3. The smallest absolute Gasteiger partial charge is 0.416 e. The number of carbonyl (C=O) groups is 1. The van der Waals surface area contributed by atoms with Crippen LogP contribution in [0, 0.1) is 0 Å². The lowest BCUT2D eigenvalue weighted by molar-refractivity contribution is -0.139. The van der Waals surface area contributed by atoms with E-state index in [-0.39, 0.29) is 28.4 Å². The summed E-state index contributed by atoms with van der Waals surface area (Å²) in [6.45, 7) is 1.46. The molecule has 4 aromatic carbocycles. The molecule has 0 aliphatic rings. The fourth-order valence-corrected chi connectivity index (χ4v) is 5.17. The number of halogens is 3. The third kappa shape index (κ3) is 6.76. The van der Waals surface area contributed by atoms with Crippen molar-refractivity contribution < 1.29 is 36.9 Å². The maximum atomic E-state index is 13.7. The summed E-state index contributed by atoms with van der Waals surface area (Å²) in [5, 5.41) is 0. The molecule has 4 N–H and O–H groups in total. The van der Waals surface area contributed by atoms with E-state index < -0.39 is 23.8 Å². The van der Waals surface area contributed by atoms with E-state index >= 15 is 0 Å². The number of aromatic nitrogens is 2. The molecule has 0 fully saturated rings. The number of anilines is 1. The minimum atomic E-state index is -4.60. The van der Waals surface area contributed by atoms with Crippen molar-refractivity contribution in [2.45, 2.75) is 19.2 Å². The Labute approximate surface area is 268 Å². The highest BCUT2D eigenvalue weighted by Crippen LogP contribution is 2.42. The fraction of sp³-hybridized carbons (Fsp3) is 0.171. The average molecular weight is 645 g/mol. The van der Waals surface area contributed by atoms with Crippen molar-refractivity contribution in [1.29, 1.82) is 0 Å². The van der Waals surface area contributed by atoms with Gasteiger partial charge in [-0.3, -0.25) is 4.79 Å². The largest absolute Gasteiger partial charge is 0.493 e. The second-order valence-corrected chi connectivity index (χ2v) is 10.4. The first-order valence-electron chi connectivity index (χ1n) is 14.3. The van der Waals surface area contributed by atoms with E-state index in [9.17, 15) is 18.0 Å². The molecule has 0 saturated carbocycles. The SMILES string of the molecule is COc1cc(-c2ccc(-c3cnc(N)c(-c4ccc(C(N)=O)c(OC(C)c5ccccc5C(F)(F)F)c4)n3)cc2)cc(OC)c1OC. The van der Waals surface area contributed by atoms with Gasteiger partial charge in [0.1, 0.15) is 23.4 Å². The number of hydrogen-bond donors (Lipinski definition) is 2. The summed E-state index contributed by atoms with van der Waals surface area (Å²) < 4.78 is 63.4. The van der Waals surface area contributed by atoms with Gasteiger partial charge in [0.25, 0.3) is 5.91 Å². The molecule has 0 aliphatic heterocycles. The summed E-state index contributed by atoms with van der Waals surface area (Å²) in [4.78, 5) is 21.3. The first kappa shape index (κ1) is 32.6. The van der Waals surface area contributed by atoms with Crippen LogP contribution in [0.2, 0.25) is 0 Å².